The Morgan fingerprint density at radius 3 is 2.62 bits per heavy atom. The third-order valence-electron chi connectivity index (χ3n) is 4.18. The molecule has 1 atom stereocenters. The van der Waals surface area contributed by atoms with Gasteiger partial charge in [-0.05, 0) is 49.3 Å². The van der Waals surface area contributed by atoms with Crippen molar-refractivity contribution in [1.29, 1.82) is 0 Å². The van der Waals surface area contributed by atoms with Crippen LogP contribution in [0.25, 0.3) is 0 Å². The van der Waals surface area contributed by atoms with Gasteiger partial charge in [0.15, 0.2) is 0 Å². The van der Waals surface area contributed by atoms with Crippen molar-refractivity contribution in [3.63, 3.8) is 0 Å². The first-order chi connectivity index (χ1) is 10.1. The Morgan fingerprint density at radius 2 is 2.00 bits per heavy atom. The van der Waals surface area contributed by atoms with Crippen LogP contribution in [0, 0.1) is 5.92 Å². The van der Waals surface area contributed by atoms with Crippen molar-refractivity contribution >= 4 is 11.9 Å². The summed E-state index contributed by atoms with van der Waals surface area (Å²) in [4.78, 5) is 25.0. The molecule has 1 aromatic rings. The highest BCUT2D eigenvalue weighted by Gasteiger charge is 2.24. The van der Waals surface area contributed by atoms with Crippen LogP contribution in [0.3, 0.4) is 0 Å². The predicted molar refractivity (Wildman–Crippen MR) is 81.3 cm³/mol. The van der Waals surface area contributed by atoms with Gasteiger partial charge in [-0.2, -0.15) is 0 Å². The van der Waals surface area contributed by atoms with Gasteiger partial charge in [0.05, 0.1) is 0 Å². The molecule has 1 heterocycles. The van der Waals surface area contributed by atoms with Crippen molar-refractivity contribution in [3.05, 3.63) is 35.4 Å². The second-order valence-electron chi connectivity index (χ2n) is 5.74. The summed E-state index contributed by atoms with van der Waals surface area (Å²) in [5, 5.41) is 8.77. The van der Waals surface area contributed by atoms with Crippen LogP contribution in [0.1, 0.15) is 48.5 Å². The number of benzene rings is 1. The molecule has 114 valence electrons. The number of piperidine rings is 1. The molecule has 0 spiro atoms. The first-order valence-electron chi connectivity index (χ1n) is 7.70. The number of carbonyl (C=O) groups is 2. The van der Waals surface area contributed by atoms with Crippen molar-refractivity contribution in [2.75, 3.05) is 13.1 Å². The number of nitrogens with zero attached hydrogens (tertiary/aromatic N) is 1. The molecule has 2 rings (SSSR count). The van der Waals surface area contributed by atoms with Crippen LogP contribution < -0.4 is 0 Å². The summed E-state index contributed by atoms with van der Waals surface area (Å²) in [6, 6.07) is 7.78. The lowest BCUT2D eigenvalue weighted by Gasteiger charge is -2.32. The van der Waals surface area contributed by atoms with Crippen LogP contribution in [0.2, 0.25) is 0 Å². The zero-order valence-electron chi connectivity index (χ0n) is 12.5. The second-order valence-corrected chi connectivity index (χ2v) is 5.74. The minimum absolute atomic E-state index is 0.0673. The zero-order chi connectivity index (χ0) is 15.2. The van der Waals surface area contributed by atoms with Gasteiger partial charge in [-0.15, -0.1) is 0 Å². The van der Waals surface area contributed by atoms with E-state index in [1.54, 1.807) is 0 Å². The molecule has 1 aliphatic rings. The van der Waals surface area contributed by atoms with E-state index in [1.807, 2.05) is 29.2 Å². The van der Waals surface area contributed by atoms with Crippen molar-refractivity contribution < 1.29 is 14.7 Å². The molecule has 0 radical (unpaired) electrons. The molecule has 1 N–H and O–H groups in total. The Morgan fingerprint density at radius 1 is 1.29 bits per heavy atom. The van der Waals surface area contributed by atoms with E-state index in [0.29, 0.717) is 18.9 Å². The first kappa shape index (κ1) is 15.5. The SMILES string of the molecule is CCc1ccc(C(=O)N2CCC[C@@H](CCC(=O)O)C2)cc1. The molecule has 0 unspecified atom stereocenters. The molecule has 0 aliphatic carbocycles. The minimum Gasteiger partial charge on any atom is -0.481 e. The van der Waals surface area contributed by atoms with Gasteiger partial charge in [-0.1, -0.05) is 19.1 Å². The molecule has 4 nitrogen and oxygen atoms in total. The van der Waals surface area contributed by atoms with Crippen LogP contribution in [-0.2, 0) is 11.2 Å². The monoisotopic (exact) mass is 289 g/mol. The summed E-state index contributed by atoms with van der Waals surface area (Å²) in [5.41, 5.74) is 1.95. The first-order valence-corrected chi connectivity index (χ1v) is 7.70. The van der Waals surface area contributed by atoms with Crippen LogP contribution in [0.15, 0.2) is 24.3 Å². The summed E-state index contributed by atoms with van der Waals surface area (Å²) in [7, 11) is 0. The Kier molecular flexibility index (Phi) is 5.37. The number of rotatable bonds is 5. The fourth-order valence-corrected chi connectivity index (χ4v) is 2.88. The van der Waals surface area contributed by atoms with E-state index in [0.717, 1.165) is 31.4 Å². The average molecular weight is 289 g/mol. The van der Waals surface area contributed by atoms with Crippen LogP contribution in [0.5, 0.6) is 0 Å². The maximum Gasteiger partial charge on any atom is 0.303 e. The topological polar surface area (TPSA) is 57.6 Å². The largest absolute Gasteiger partial charge is 0.481 e. The normalized spacial score (nSPS) is 18.5. The number of aliphatic carboxylic acids is 1. The zero-order valence-corrected chi connectivity index (χ0v) is 12.5. The highest BCUT2D eigenvalue weighted by molar-refractivity contribution is 5.94. The number of carboxylic acids is 1. The molecule has 1 fully saturated rings. The Labute approximate surface area is 125 Å². The molecular weight excluding hydrogens is 266 g/mol. The third kappa shape index (κ3) is 4.31. The molecule has 1 saturated heterocycles. The number of aryl methyl sites for hydroxylation is 1. The third-order valence-corrected chi connectivity index (χ3v) is 4.18. The van der Waals surface area contributed by atoms with E-state index >= 15 is 0 Å². The number of hydrogen-bond donors (Lipinski definition) is 1. The molecule has 21 heavy (non-hydrogen) atoms. The van der Waals surface area contributed by atoms with Gasteiger partial charge in [-0.3, -0.25) is 9.59 Å². The van der Waals surface area contributed by atoms with E-state index in [2.05, 4.69) is 6.92 Å². The second kappa shape index (κ2) is 7.25. The van der Waals surface area contributed by atoms with Crippen molar-refractivity contribution in [2.24, 2.45) is 5.92 Å². The van der Waals surface area contributed by atoms with Gasteiger partial charge >= 0.3 is 5.97 Å². The van der Waals surface area contributed by atoms with Gasteiger partial charge in [-0.25, -0.2) is 0 Å². The molecule has 0 bridgehead atoms. The number of likely N-dealkylation sites (tertiary alicyclic amines) is 1. The fraction of sp³-hybridized carbons (Fsp3) is 0.529. The van der Waals surface area contributed by atoms with Crippen molar-refractivity contribution in [2.45, 2.75) is 39.0 Å². The summed E-state index contributed by atoms with van der Waals surface area (Å²) in [5.74, 6) is -0.375. The van der Waals surface area contributed by atoms with E-state index in [4.69, 9.17) is 5.11 Å². The van der Waals surface area contributed by atoms with Crippen molar-refractivity contribution in [3.8, 4) is 0 Å². The summed E-state index contributed by atoms with van der Waals surface area (Å²) < 4.78 is 0. The molecule has 0 aromatic heterocycles. The van der Waals surface area contributed by atoms with Crippen LogP contribution in [-0.4, -0.2) is 35.0 Å². The van der Waals surface area contributed by atoms with Gasteiger partial charge in [0, 0.05) is 25.1 Å². The summed E-state index contributed by atoms with van der Waals surface area (Å²) in [6.45, 7) is 3.55. The Balaban J connectivity index is 1.96. The standard InChI is InChI=1S/C17H23NO3/c1-2-13-5-8-15(9-6-13)17(21)18-11-3-4-14(12-18)7-10-16(19)20/h5-6,8-9,14H,2-4,7,10-12H2,1H3,(H,19,20)/t14-/m0/s1. The summed E-state index contributed by atoms with van der Waals surface area (Å²) >= 11 is 0. The van der Waals surface area contributed by atoms with Gasteiger partial charge in [0.2, 0.25) is 0 Å². The van der Waals surface area contributed by atoms with E-state index in [9.17, 15) is 9.59 Å². The van der Waals surface area contributed by atoms with Crippen LogP contribution in [0.4, 0.5) is 0 Å². The fourth-order valence-electron chi connectivity index (χ4n) is 2.88. The van der Waals surface area contributed by atoms with Crippen LogP contribution >= 0.6 is 0 Å². The average Bonchev–Trinajstić information content (AvgIpc) is 2.52. The molecule has 1 amide bonds. The van der Waals surface area contributed by atoms with E-state index in [1.165, 1.54) is 5.56 Å². The van der Waals surface area contributed by atoms with Gasteiger partial charge in [0.1, 0.15) is 0 Å². The predicted octanol–water partition coefficient (Wildman–Crippen LogP) is 2.97. The maximum absolute atomic E-state index is 12.5. The van der Waals surface area contributed by atoms with E-state index < -0.39 is 5.97 Å². The van der Waals surface area contributed by atoms with Gasteiger partial charge < -0.3 is 10.0 Å². The summed E-state index contributed by atoms with van der Waals surface area (Å²) in [6.07, 6.45) is 3.80. The van der Waals surface area contributed by atoms with Crippen molar-refractivity contribution in [1.82, 2.24) is 4.90 Å². The number of carbonyl (C=O) groups excluding carboxylic acids is 1. The molecule has 0 saturated carbocycles. The number of amides is 1. The van der Waals surface area contributed by atoms with Gasteiger partial charge in [0.25, 0.3) is 5.91 Å². The molecular formula is C17H23NO3. The lowest BCUT2D eigenvalue weighted by molar-refractivity contribution is -0.137. The highest BCUT2D eigenvalue weighted by Crippen LogP contribution is 2.22. The molecule has 1 aromatic carbocycles. The Bertz CT molecular complexity index is 495. The quantitative estimate of drug-likeness (QED) is 0.906. The maximum atomic E-state index is 12.5. The lowest BCUT2D eigenvalue weighted by atomic mass is 9.93. The smallest absolute Gasteiger partial charge is 0.303 e. The molecule has 1 aliphatic heterocycles. The number of hydrogen-bond acceptors (Lipinski definition) is 2. The number of carboxylic acid groups (broad SMARTS) is 1. The van der Waals surface area contributed by atoms with E-state index in [-0.39, 0.29) is 12.3 Å². The molecule has 4 heteroatoms. The minimum atomic E-state index is -0.756. The Hall–Kier alpha value is -1.84. The lowest BCUT2D eigenvalue weighted by Crippen LogP contribution is -2.40. The highest BCUT2D eigenvalue weighted by atomic mass is 16.4.